The van der Waals surface area contributed by atoms with Gasteiger partial charge in [0, 0.05) is 29.8 Å². The second kappa shape index (κ2) is 8.60. The van der Waals surface area contributed by atoms with Crippen LogP contribution in [0.3, 0.4) is 0 Å². The average Bonchev–Trinajstić information content (AvgIpc) is 3.06. The van der Waals surface area contributed by atoms with Gasteiger partial charge >= 0.3 is 6.03 Å². The van der Waals surface area contributed by atoms with Crippen LogP contribution in [0, 0.1) is 0 Å². The van der Waals surface area contributed by atoms with E-state index in [1.54, 1.807) is 6.07 Å². The zero-order valence-electron chi connectivity index (χ0n) is 16.4. The number of nitrogens with one attached hydrogen (secondary N) is 3. The molecule has 2 aliphatic rings. The Balaban J connectivity index is 1.44. The number of imide groups is 2. The van der Waals surface area contributed by atoms with Crippen LogP contribution in [0.5, 0.6) is 0 Å². The SMILES string of the molecule is O=C1CCC(N2Cc3ccc(C(=O)NC(=O)Nc4ccc(Cl)c(Cl)c4)cc3C2=O)C(=O)N1. The summed E-state index contributed by atoms with van der Waals surface area (Å²) in [5, 5.41) is 7.45. The van der Waals surface area contributed by atoms with Gasteiger partial charge in [0.2, 0.25) is 11.8 Å². The van der Waals surface area contributed by atoms with Crippen LogP contribution >= 0.6 is 23.2 Å². The van der Waals surface area contributed by atoms with E-state index in [9.17, 15) is 24.0 Å². The molecule has 1 saturated heterocycles. The lowest BCUT2D eigenvalue weighted by atomic mass is 10.0. The van der Waals surface area contributed by atoms with Gasteiger partial charge in [-0.1, -0.05) is 29.3 Å². The predicted molar refractivity (Wildman–Crippen MR) is 115 cm³/mol. The van der Waals surface area contributed by atoms with Gasteiger partial charge in [-0.05, 0) is 42.3 Å². The van der Waals surface area contributed by atoms with Crippen LogP contribution in [0.2, 0.25) is 10.0 Å². The molecule has 0 spiro atoms. The van der Waals surface area contributed by atoms with E-state index in [0.717, 1.165) is 0 Å². The van der Waals surface area contributed by atoms with E-state index in [4.69, 9.17) is 23.2 Å². The van der Waals surface area contributed by atoms with Crippen molar-refractivity contribution in [3.63, 3.8) is 0 Å². The highest BCUT2D eigenvalue weighted by atomic mass is 35.5. The zero-order valence-corrected chi connectivity index (χ0v) is 17.9. The molecule has 164 valence electrons. The Morgan fingerprint density at radius 3 is 2.53 bits per heavy atom. The Morgan fingerprint density at radius 1 is 1.03 bits per heavy atom. The number of carbonyl (C=O) groups excluding carboxylic acids is 5. The molecule has 9 nitrogen and oxygen atoms in total. The highest BCUT2D eigenvalue weighted by Crippen LogP contribution is 2.28. The molecular formula is C21H16Cl2N4O5. The average molecular weight is 475 g/mol. The fourth-order valence-electron chi connectivity index (χ4n) is 3.61. The summed E-state index contributed by atoms with van der Waals surface area (Å²) in [6.07, 6.45) is 0.394. The molecule has 3 N–H and O–H groups in total. The maximum atomic E-state index is 12.8. The molecule has 2 aromatic carbocycles. The monoisotopic (exact) mass is 474 g/mol. The maximum absolute atomic E-state index is 12.8. The minimum absolute atomic E-state index is 0.103. The van der Waals surface area contributed by atoms with Gasteiger partial charge in [0.05, 0.1) is 10.0 Å². The van der Waals surface area contributed by atoms with Gasteiger partial charge in [-0.25, -0.2) is 4.79 Å². The summed E-state index contributed by atoms with van der Waals surface area (Å²) in [5.74, 6) is -2.00. The molecule has 2 aliphatic heterocycles. The molecule has 1 atom stereocenters. The Labute approximate surface area is 192 Å². The molecule has 11 heteroatoms. The van der Waals surface area contributed by atoms with Crippen LogP contribution in [0.25, 0.3) is 0 Å². The first-order valence-electron chi connectivity index (χ1n) is 9.58. The van der Waals surface area contributed by atoms with Gasteiger partial charge in [0.25, 0.3) is 11.8 Å². The third-order valence-corrected chi connectivity index (χ3v) is 5.93. The van der Waals surface area contributed by atoms with Crippen molar-refractivity contribution in [3.8, 4) is 0 Å². The first-order valence-corrected chi connectivity index (χ1v) is 10.3. The lowest BCUT2D eigenvalue weighted by Crippen LogP contribution is -2.52. The van der Waals surface area contributed by atoms with Crippen molar-refractivity contribution in [1.29, 1.82) is 0 Å². The smallest absolute Gasteiger partial charge is 0.322 e. The Kier molecular flexibility index (Phi) is 5.86. The number of nitrogens with zero attached hydrogens (tertiary/aromatic N) is 1. The van der Waals surface area contributed by atoms with Gasteiger partial charge in [-0.2, -0.15) is 0 Å². The van der Waals surface area contributed by atoms with E-state index < -0.39 is 29.8 Å². The molecule has 0 radical (unpaired) electrons. The summed E-state index contributed by atoms with van der Waals surface area (Å²) in [7, 11) is 0. The minimum Gasteiger partial charge on any atom is -0.322 e. The number of carbonyl (C=O) groups is 5. The largest absolute Gasteiger partial charge is 0.326 e. The molecule has 4 rings (SSSR count). The highest BCUT2D eigenvalue weighted by Gasteiger charge is 2.39. The van der Waals surface area contributed by atoms with Crippen molar-refractivity contribution in [3.05, 3.63) is 63.1 Å². The molecule has 1 fully saturated rings. The fourth-order valence-corrected chi connectivity index (χ4v) is 3.91. The Morgan fingerprint density at radius 2 is 1.81 bits per heavy atom. The minimum atomic E-state index is -0.787. The van der Waals surface area contributed by atoms with Crippen LogP contribution < -0.4 is 16.0 Å². The van der Waals surface area contributed by atoms with E-state index in [-0.39, 0.29) is 41.4 Å². The molecule has 2 heterocycles. The first kappa shape index (κ1) is 21.8. The molecule has 6 amide bonds. The molecule has 1 unspecified atom stereocenters. The van der Waals surface area contributed by atoms with E-state index in [1.165, 1.54) is 35.2 Å². The summed E-state index contributed by atoms with van der Waals surface area (Å²) >= 11 is 11.7. The van der Waals surface area contributed by atoms with Crippen LogP contribution in [0.4, 0.5) is 10.5 Å². The lowest BCUT2D eigenvalue weighted by molar-refractivity contribution is -0.136. The molecular weight excluding hydrogens is 459 g/mol. The number of fused-ring (bicyclic) bond motifs is 1. The number of anilines is 1. The van der Waals surface area contributed by atoms with Crippen LogP contribution in [0.1, 0.15) is 39.1 Å². The summed E-state index contributed by atoms with van der Waals surface area (Å²) < 4.78 is 0. The summed E-state index contributed by atoms with van der Waals surface area (Å²) in [6, 6.07) is 7.40. The normalized spacial score (nSPS) is 17.6. The second-order valence-electron chi connectivity index (χ2n) is 7.31. The van der Waals surface area contributed by atoms with Crippen molar-refractivity contribution >= 4 is 58.5 Å². The first-order chi connectivity index (χ1) is 15.2. The highest BCUT2D eigenvalue weighted by molar-refractivity contribution is 6.42. The number of halogens is 2. The van der Waals surface area contributed by atoms with Gasteiger partial charge in [-0.15, -0.1) is 0 Å². The second-order valence-corrected chi connectivity index (χ2v) is 8.12. The summed E-state index contributed by atoms with van der Waals surface area (Å²) in [4.78, 5) is 62.4. The Hall–Kier alpha value is -3.43. The molecule has 0 aliphatic carbocycles. The van der Waals surface area contributed by atoms with E-state index in [0.29, 0.717) is 16.3 Å². The number of benzene rings is 2. The van der Waals surface area contributed by atoms with E-state index >= 15 is 0 Å². The predicted octanol–water partition coefficient (Wildman–Crippen LogP) is 2.72. The third kappa shape index (κ3) is 4.30. The number of piperidine rings is 1. The molecule has 0 bridgehead atoms. The quantitative estimate of drug-likeness (QED) is 0.589. The van der Waals surface area contributed by atoms with E-state index in [2.05, 4.69) is 16.0 Å². The van der Waals surface area contributed by atoms with Crippen LogP contribution in [0.15, 0.2) is 36.4 Å². The zero-order chi connectivity index (χ0) is 23.0. The number of hydrogen-bond acceptors (Lipinski definition) is 5. The van der Waals surface area contributed by atoms with E-state index in [1.807, 2.05) is 0 Å². The summed E-state index contributed by atoms with van der Waals surface area (Å²) in [6.45, 7) is 0.195. The van der Waals surface area contributed by atoms with Crippen molar-refractivity contribution < 1.29 is 24.0 Å². The maximum Gasteiger partial charge on any atom is 0.326 e. The van der Waals surface area contributed by atoms with Crippen molar-refractivity contribution in [2.45, 2.75) is 25.4 Å². The third-order valence-electron chi connectivity index (χ3n) is 5.19. The van der Waals surface area contributed by atoms with Crippen LogP contribution in [-0.2, 0) is 16.1 Å². The number of hydrogen-bond donors (Lipinski definition) is 3. The Bertz CT molecular complexity index is 1180. The summed E-state index contributed by atoms with van der Waals surface area (Å²) in [5.41, 5.74) is 1.36. The van der Waals surface area contributed by atoms with Gasteiger partial charge < -0.3 is 10.2 Å². The van der Waals surface area contributed by atoms with Gasteiger partial charge in [-0.3, -0.25) is 29.8 Å². The molecule has 32 heavy (non-hydrogen) atoms. The standard InChI is InChI=1S/C21H16Cl2N4O5/c22-14-4-3-12(8-15(14)23)24-21(32)26-18(29)10-1-2-11-9-27(20(31)13(11)7-10)16-5-6-17(28)25-19(16)30/h1-4,7-8,16H,5-6,9H2,(H,25,28,30)(H2,24,26,29,32). The molecule has 2 aromatic rings. The lowest BCUT2D eigenvalue weighted by Gasteiger charge is -2.29. The molecule has 0 saturated carbocycles. The van der Waals surface area contributed by atoms with Gasteiger partial charge in [0.15, 0.2) is 0 Å². The van der Waals surface area contributed by atoms with Gasteiger partial charge in [0.1, 0.15) is 6.04 Å². The topological polar surface area (TPSA) is 125 Å². The number of amides is 6. The van der Waals surface area contributed by atoms with Crippen LogP contribution in [-0.4, -0.2) is 40.6 Å². The number of rotatable bonds is 3. The van der Waals surface area contributed by atoms with Crippen molar-refractivity contribution in [2.24, 2.45) is 0 Å². The molecule has 0 aromatic heterocycles. The number of urea groups is 1. The van der Waals surface area contributed by atoms with Crippen molar-refractivity contribution in [2.75, 3.05) is 5.32 Å². The fraction of sp³-hybridized carbons (Fsp3) is 0.190. The van der Waals surface area contributed by atoms with Crippen molar-refractivity contribution in [1.82, 2.24) is 15.5 Å².